The van der Waals surface area contributed by atoms with Crippen LogP contribution in [-0.4, -0.2) is 44.7 Å². The summed E-state index contributed by atoms with van der Waals surface area (Å²) in [6.07, 6.45) is 11.5. The monoisotopic (exact) mass is 426 g/mol. The van der Waals surface area contributed by atoms with Gasteiger partial charge < -0.3 is 10.6 Å². The average Bonchev–Trinajstić information content (AvgIpc) is 3.26. The molecule has 0 bridgehead atoms. The van der Waals surface area contributed by atoms with Gasteiger partial charge in [0.2, 0.25) is 0 Å². The highest BCUT2D eigenvalue weighted by Gasteiger charge is 2.15. The van der Waals surface area contributed by atoms with Crippen molar-refractivity contribution in [3.05, 3.63) is 72.6 Å². The second-order valence-electron chi connectivity index (χ2n) is 8.37. The number of hydrogen-bond acceptors (Lipinski definition) is 6. The molecule has 7 heteroatoms. The minimum absolute atomic E-state index is 0.0155. The number of nitrogens with one attached hydrogen (secondary N) is 2. The Morgan fingerprint density at radius 2 is 1.94 bits per heavy atom. The van der Waals surface area contributed by atoms with Gasteiger partial charge in [-0.3, -0.25) is 19.4 Å². The standard InChI is InChI=1S/C25H26N6O/c1-31-16-21(14-29-31)17-2-3-18-13-28-23(9-19(18)8-17)11-25(32)20-10-24(15-27-12-20)30-22-4-6-26-7-5-22/h2-3,8-10,12-16,22,26,30H,4-7,11H2,1H3. The molecule has 0 unspecified atom stereocenters. The van der Waals surface area contributed by atoms with Crippen LogP contribution in [0.4, 0.5) is 5.69 Å². The Hall–Kier alpha value is -3.58. The van der Waals surface area contributed by atoms with Crippen molar-refractivity contribution in [1.29, 1.82) is 0 Å². The molecular weight excluding hydrogens is 400 g/mol. The third-order valence-electron chi connectivity index (χ3n) is 5.93. The van der Waals surface area contributed by atoms with Gasteiger partial charge in [-0.25, -0.2) is 0 Å². The summed E-state index contributed by atoms with van der Waals surface area (Å²) in [5.74, 6) is 0.0155. The fraction of sp³-hybridized carbons (Fsp3) is 0.280. The number of anilines is 1. The van der Waals surface area contributed by atoms with Crippen LogP contribution < -0.4 is 10.6 Å². The molecule has 3 aromatic heterocycles. The number of piperidine rings is 1. The summed E-state index contributed by atoms with van der Waals surface area (Å²) in [6, 6.07) is 10.6. The highest BCUT2D eigenvalue weighted by Crippen LogP contribution is 2.24. The van der Waals surface area contributed by atoms with Crippen molar-refractivity contribution in [2.24, 2.45) is 7.05 Å². The van der Waals surface area contributed by atoms with E-state index in [1.807, 2.05) is 37.8 Å². The van der Waals surface area contributed by atoms with Crippen molar-refractivity contribution in [2.45, 2.75) is 25.3 Å². The van der Waals surface area contributed by atoms with Crippen LogP contribution in [0.15, 0.2) is 61.3 Å². The molecule has 1 saturated heterocycles. The van der Waals surface area contributed by atoms with E-state index in [2.05, 4.69) is 43.9 Å². The van der Waals surface area contributed by atoms with Crippen molar-refractivity contribution in [3.63, 3.8) is 0 Å². The summed E-state index contributed by atoms with van der Waals surface area (Å²) in [4.78, 5) is 21.8. The Bertz CT molecular complexity index is 1260. The zero-order valence-corrected chi connectivity index (χ0v) is 18.1. The molecule has 4 aromatic rings. The van der Waals surface area contributed by atoms with Crippen LogP contribution in [0, 0.1) is 0 Å². The zero-order valence-electron chi connectivity index (χ0n) is 18.1. The van der Waals surface area contributed by atoms with Gasteiger partial charge in [-0.1, -0.05) is 12.1 Å². The number of aryl methyl sites for hydroxylation is 1. The molecule has 0 radical (unpaired) electrons. The van der Waals surface area contributed by atoms with Crippen LogP contribution in [0.5, 0.6) is 0 Å². The Morgan fingerprint density at radius 1 is 1.06 bits per heavy atom. The Kier molecular flexibility index (Phi) is 5.64. The van der Waals surface area contributed by atoms with Gasteiger partial charge >= 0.3 is 0 Å². The van der Waals surface area contributed by atoms with Gasteiger partial charge in [0, 0.05) is 60.1 Å². The first-order chi connectivity index (χ1) is 15.6. The molecule has 7 nitrogen and oxygen atoms in total. The number of rotatable bonds is 6. The smallest absolute Gasteiger partial charge is 0.170 e. The molecule has 32 heavy (non-hydrogen) atoms. The second-order valence-corrected chi connectivity index (χ2v) is 8.37. The Morgan fingerprint density at radius 3 is 2.75 bits per heavy atom. The maximum atomic E-state index is 13.0. The fourth-order valence-corrected chi connectivity index (χ4v) is 4.17. The summed E-state index contributed by atoms with van der Waals surface area (Å²) in [5.41, 5.74) is 4.41. The van der Waals surface area contributed by atoms with Crippen LogP contribution >= 0.6 is 0 Å². The molecule has 1 aliphatic rings. The second kappa shape index (κ2) is 8.88. The van der Waals surface area contributed by atoms with Gasteiger partial charge in [-0.2, -0.15) is 5.10 Å². The molecule has 0 amide bonds. The molecule has 1 fully saturated rings. The molecule has 0 saturated carbocycles. The number of carbonyl (C=O) groups is 1. The lowest BCUT2D eigenvalue weighted by Gasteiger charge is -2.24. The van der Waals surface area contributed by atoms with Crippen molar-refractivity contribution >= 4 is 22.2 Å². The fourth-order valence-electron chi connectivity index (χ4n) is 4.17. The number of ketones is 1. The van der Waals surface area contributed by atoms with E-state index in [0.717, 1.165) is 59.2 Å². The summed E-state index contributed by atoms with van der Waals surface area (Å²) >= 11 is 0. The SMILES string of the molecule is Cn1cc(-c2ccc3cnc(CC(=O)c4cncc(NC5CCNCC5)c4)cc3c2)cn1. The van der Waals surface area contributed by atoms with Gasteiger partial charge in [-0.05, 0) is 55.1 Å². The van der Waals surface area contributed by atoms with Gasteiger partial charge in [-0.15, -0.1) is 0 Å². The maximum Gasteiger partial charge on any atom is 0.170 e. The average molecular weight is 427 g/mol. The molecule has 0 atom stereocenters. The summed E-state index contributed by atoms with van der Waals surface area (Å²) < 4.78 is 1.79. The number of benzene rings is 1. The lowest BCUT2D eigenvalue weighted by molar-refractivity contribution is 0.0991. The van der Waals surface area contributed by atoms with Crippen molar-refractivity contribution < 1.29 is 4.79 Å². The van der Waals surface area contributed by atoms with E-state index in [4.69, 9.17) is 0 Å². The van der Waals surface area contributed by atoms with Gasteiger partial charge in [0.1, 0.15) is 0 Å². The molecule has 0 aliphatic carbocycles. The van der Waals surface area contributed by atoms with E-state index in [1.165, 1.54) is 0 Å². The number of hydrogen-bond donors (Lipinski definition) is 2. The number of aromatic nitrogens is 4. The minimum atomic E-state index is 0.0155. The maximum absolute atomic E-state index is 13.0. The molecule has 1 aromatic carbocycles. The molecule has 4 heterocycles. The Balaban J connectivity index is 1.33. The van der Waals surface area contributed by atoms with E-state index < -0.39 is 0 Å². The number of fused-ring (bicyclic) bond motifs is 1. The third kappa shape index (κ3) is 4.53. The molecular formula is C25H26N6O. The van der Waals surface area contributed by atoms with Crippen LogP contribution in [0.25, 0.3) is 21.9 Å². The summed E-state index contributed by atoms with van der Waals surface area (Å²) in [5, 5.41) is 13.2. The van der Waals surface area contributed by atoms with E-state index >= 15 is 0 Å². The Labute approximate surface area is 186 Å². The van der Waals surface area contributed by atoms with Gasteiger partial charge in [0.25, 0.3) is 0 Å². The molecule has 162 valence electrons. The van der Waals surface area contributed by atoms with E-state index in [1.54, 1.807) is 17.1 Å². The quantitative estimate of drug-likeness (QED) is 0.458. The molecule has 0 spiro atoms. The van der Waals surface area contributed by atoms with E-state index in [9.17, 15) is 4.79 Å². The van der Waals surface area contributed by atoms with E-state index in [0.29, 0.717) is 11.6 Å². The number of pyridine rings is 2. The highest BCUT2D eigenvalue weighted by atomic mass is 16.1. The molecule has 1 aliphatic heterocycles. The first kappa shape index (κ1) is 20.3. The predicted octanol–water partition coefficient (Wildman–Crippen LogP) is 3.62. The van der Waals surface area contributed by atoms with Gasteiger partial charge in [0.15, 0.2) is 5.78 Å². The lowest BCUT2D eigenvalue weighted by Crippen LogP contribution is -2.35. The number of carbonyl (C=O) groups excluding carboxylic acids is 1. The minimum Gasteiger partial charge on any atom is -0.381 e. The largest absolute Gasteiger partial charge is 0.381 e. The third-order valence-corrected chi connectivity index (χ3v) is 5.93. The van der Waals surface area contributed by atoms with Crippen LogP contribution in [0.3, 0.4) is 0 Å². The first-order valence-electron chi connectivity index (χ1n) is 11.0. The van der Waals surface area contributed by atoms with Crippen molar-refractivity contribution in [3.8, 4) is 11.1 Å². The predicted molar refractivity (Wildman–Crippen MR) is 126 cm³/mol. The molecule has 2 N–H and O–H groups in total. The normalized spacial score (nSPS) is 14.5. The van der Waals surface area contributed by atoms with Crippen LogP contribution in [-0.2, 0) is 13.5 Å². The molecule has 5 rings (SSSR count). The van der Waals surface area contributed by atoms with E-state index in [-0.39, 0.29) is 12.2 Å². The summed E-state index contributed by atoms with van der Waals surface area (Å²) in [6.45, 7) is 2.03. The lowest BCUT2D eigenvalue weighted by atomic mass is 10.0. The summed E-state index contributed by atoms with van der Waals surface area (Å²) in [7, 11) is 1.91. The van der Waals surface area contributed by atoms with Crippen molar-refractivity contribution in [2.75, 3.05) is 18.4 Å². The van der Waals surface area contributed by atoms with Gasteiger partial charge in [0.05, 0.1) is 18.3 Å². The van der Waals surface area contributed by atoms with Crippen LogP contribution in [0.1, 0.15) is 28.9 Å². The van der Waals surface area contributed by atoms with Crippen molar-refractivity contribution in [1.82, 2.24) is 25.1 Å². The zero-order chi connectivity index (χ0) is 21.9. The highest BCUT2D eigenvalue weighted by molar-refractivity contribution is 5.98. The number of nitrogens with zero attached hydrogens (tertiary/aromatic N) is 4. The van der Waals surface area contributed by atoms with Crippen LogP contribution in [0.2, 0.25) is 0 Å². The first-order valence-corrected chi connectivity index (χ1v) is 11.0. The topological polar surface area (TPSA) is 84.7 Å². The number of Topliss-reactive ketones (excluding diaryl/α,β-unsaturated/α-hetero) is 1.